The smallest absolute Gasteiger partial charge is 0.415 e. The molecule has 1 aliphatic carbocycles. The van der Waals surface area contributed by atoms with Crippen LogP contribution in [0.15, 0.2) is 11.8 Å². The Morgan fingerprint density at radius 2 is 1.59 bits per heavy atom. The van der Waals surface area contributed by atoms with Gasteiger partial charge in [-0.25, -0.2) is 0 Å². The van der Waals surface area contributed by atoms with Crippen molar-refractivity contribution in [2.75, 3.05) is 0 Å². The highest BCUT2D eigenvalue weighted by atomic mass is 19.4. The third-order valence-corrected chi connectivity index (χ3v) is 2.57. The number of allylic oxidation sites excluding steroid dienone is 1. The molecule has 0 atom stereocenters. The van der Waals surface area contributed by atoms with Crippen molar-refractivity contribution in [3.8, 4) is 0 Å². The van der Waals surface area contributed by atoms with E-state index >= 15 is 0 Å². The van der Waals surface area contributed by atoms with Crippen molar-refractivity contribution in [1.29, 1.82) is 0 Å². The number of carbonyl (C=O) groups excluding carboxylic acids is 1. The molecule has 1 rings (SSSR count). The second-order valence-corrected chi connectivity index (χ2v) is 3.84. The molecule has 0 aromatic heterocycles. The molecule has 0 aromatic carbocycles. The van der Waals surface area contributed by atoms with Crippen LogP contribution in [-0.2, 0) is 9.53 Å². The topological polar surface area (TPSA) is 26.3 Å². The van der Waals surface area contributed by atoms with E-state index in [4.69, 9.17) is 0 Å². The summed E-state index contributed by atoms with van der Waals surface area (Å²) in [7, 11) is 0. The normalized spacial score (nSPS) is 17.7. The lowest BCUT2D eigenvalue weighted by Crippen LogP contribution is -2.25. The van der Waals surface area contributed by atoms with Crippen LogP contribution >= 0.6 is 0 Å². The molecule has 0 radical (unpaired) electrons. The summed E-state index contributed by atoms with van der Waals surface area (Å²) in [6, 6.07) is 0. The molecule has 1 fully saturated rings. The Hall–Kier alpha value is -1.14. The Labute approximate surface area is 94.4 Å². The molecule has 0 aliphatic heterocycles. The van der Waals surface area contributed by atoms with Crippen molar-refractivity contribution in [2.45, 2.75) is 38.3 Å². The van der Waals surface area contributed by atoms with E-state index in [1.54, 1.807) is 0 Å². The molecular formula is C10H11F5O2. The molecule has 1 aliphatic rings. The second kappa shape index (κ2) is 5.46. The number of hydrogen-bond acceptors (Lipinski definition) is 2. The monoisotopic (exact) mass is 258 g/mol. The Morgan fingerprint density at radius 1 is 1.06 bits per heavy atom. The van der Waals surface area contributed by atoms with Crippen LogP contribution in [-0.4, -0.2) is 12.1 Å². The number of carbonyl (C=O) groups is 1. The minimum absolute atomic E-state index is 0.387. The van der Waals surface area contributed by atoms with Crippen LogP contribution in [0.1, 0.15) is 32.1 Å². The zero-order valence-corrected chi connectivity index (χ0v) is 8.82. The second-order valence-electron chi connectivity index (χ2n) is 3.84. The molecule has 0 unspecified atom stereocenters. The first-order chi connectivity index (χ1) is 7.82. The fourth-order valence-electron chi connectivity index (χ4n) is 1.73. The summed E-state index contributed by atoms with van der Waals surface area (Å²) in [6.07, 6.45) is -5.31. The van der Waals surface area contributed by atoms with E-state index in [-0.39, 0.29) is 0 Å². The zero-order valence-electron chi connectivity index (χ0n) is 8.82. The first-order valence-electron chi connectivity index (χ1n) is 5.16. The number of rotatable bonds is 2. The van der Waals surface area contributed by atoms with Gasteiger partial charge in [0.1, 0.15) is 0 Å². The molecule has 0 amide bonds. The Morgan fingerprint density at radius 3 is 2.00 bits per heavy atom. The lowest BCUT2D eigenvalue weighted by Gasteiger charge is -2.20. The van der Waals surface area contributed by atoms with Gasteiger partial charge in [0.15, 0.2) is 0 Å². The summed E-state index contributed by atoms with van der Waals surface area (Å²) in [5, 5.41) is 0. The molecule has 7 heteroatoms. The average molecular weight is 258 g/mol. The average Bonchev–Trinajstić information content (AvgIpc) is 2.24. The fourth-order valence-corrected chi connectivity index (χ4v) is 1.73. The molecule has 0 aromatic rings. The lowest BCUT2D eigenvalue weighted by atomic mass is 9.89. The van der Waals surface area contributed by atoms with Crippen molar-refractivity contribution in [3.63, 3.8) is 0 Å². The van der Waals surface area contributed by atoms with Crippen molar-refractivity contribution in [1.82, 2.24) is 0 Å². The maximum atomic E-state index is 12.1. The SMILES string of the molecule is O=C(OC(=C(F)F)C(F)(F)F)C1CCCCC1. The quantitative estimate of drug-likeness (QED) is 0.428. The van der Waals surface area contributed by atoms with Gasteiger partial charge in [0.2, 0.25) is 0 Å². The zero-order chi connectivity index (χ0) is 13.1. The minimum atomic E-state index is -5.34. The number of alkyl halides is 3. The third-order valence-electron chi connectivity index (χ3n) is 2.57. The van der Waals surface area contributed by atoms with Crippen LogP contribution in [0.3, 0.4) is 0 Å². The van der Waals surface area contributed by atoms with Crippen LogP contribution in [0.4, 0.5) is 22.0 Å². The Kier molecular flexibility index (Phi) is 4.47. The third kappa shape index (κ3) is 3.98. The van der Waals surface area contributed by atoms with Crippen molar-refractivity contribution in [2.24, 2.45) is 5.92 Å². The van der Waals surface area contributed by atoms with E-state index in [0.29, 0.717) is 25.7 Å². The highest BCUT2D eigenvalue weighted by Gasteiger charge is 2.42. The molecule has 0 N–H and O–H groups in total. The van der Waals surface area contributed by atoms with Gasteiger partial charge in [-0.1, -0.05) is 19.3 Å². The molecule has 0 bridgehead atoms. The summed E-state index contributed by atoms with van der Waals surface area (Å²) in [5.41, 5.74) is 0. The maximum absolute atomic E-state index is 12.1. The van der Waals surface area contributed by atoms with Crippen LogP contribution in [0.2, 0.25) is 0 Å². The van der Waals surface area contributed by atoms with Gasteiger partial charge >= 0.3 is 18.2 Å². The fraction of sp³-hybridized carbons (Fsp3) is 0.700. The number of hydrogen-bond donors (Lipinski definition) is 0. The molecular weight excluding hydrogens is 247 g/mol. The van der Waals surface area contributed by atoms with Gasteiger partial charge in [0.25, 0.3) is 5.76 Å². The van der Waals surface area contributed by atoms with E-state index < -0.39 is 29.9 Å². The van der Waals surface area contributed by atoms with Crippen LogP contribution in [0, 0.1) is 5.92 Å². The molecule has 17 heavy (non-hydrogen) atoms. The van der Waals surface area contributed by atoms with E-state index in [2.05, 4.69) is 4.74 Å². The van der Waals surface area contributed by atoms with E-state index in [1.807, 2.05) is 0 Å². The molecule has 0 spiro atoms. The predicted octanol–water partition coefficient (Wildman–Crippen LogP) is 3.78. The van der Waals surface area contributed by atoms with E-state index in [0.717, 1.165) is 6.42 Å². The molecule has 1 saturated carbocycles. The van der Waals surface area contributed by atoms with Crippen LogP contribution in [0.5, 0.6) is 0 Å². The lowest BCUT2D eigenvalue weighted by molar-refractivity contribution is -0.167. The summed E-state index contributed by atoms with van der Waals surface area (Å²) in [5.74, 6) is -4.42. The van der Waals surface area contributed by atoms with Gasteiger partial charge in [0, 0.05) is 0 Å². The molecule has 0 heterocycles. The molecule has 98 valence electrons. The standard InChI is InChI=1S/C10H11F5O2/c11-8(12)7(10(13,14)15)17-9(16)6-4-2-1-3-5-6/h6H,1-5H2. The van der Waals surface area contributed by atoms with Gasteiger partial charge < -0.3 is 4.74 Å². The number of esters is 1. The summed E-state index contributed by atoms with van der Waals surface area (Å²) in [4.78, 5) is 11.3. The van der Waals surface area contributed by atoms with Gasteiger partial charge in [-0.3, -0.25) is 4.79 Å². The Bertz CT molecular complexity index is 311. The van der Waals surface area contributed by atoms with Crippen LogP contribution < -0.4 is 0 Å². The summed E-state index contributed by atoms with van der Waals surface area (Å²) in [6.45, 7) is 0. The van der Waals surface area contributed by atoms with E-state index in [1.165, 1.54) is 0 Å². The molecule has 0 saturated heterocycles. The van der Waals surface area contributed by atoms with Crippen molar-refractivity contribution in [3.05, 3.63) is 11.8 Å². The van der Waals surface area contributed by atoms with Gasteiger partial charge in [0.05, 0.1) is 5.92 Å². The van der Waals surface area contributed by atoms with Gasteiger partial charge in [-0.05, 0) is 12.8 Å². The summed E-state index contributed by atoms with van der Waals surface area (Å²) >= 11 is 0. The molecule has 2 nitrogen and oxygen atoms in total. The first kappa shape index (κ1) is 13.9. The number of ether oxygens (including phenoxy) is 1. The maximum Gasteiger partial charge on any atom is 0.455 e. The first-order valence-corrected chi connectivity index (χ1v) is 5.16. The van der Waals surface area contributed by atoms with Crippen molar-refractivity contribution < 1.29 is 31.5 Å². The predicted molar refractivity (Wildman–Crippen MR) is 48.0 cm³/mol. The minimum Gasteiger partial charge on any atom is -0.415 e. The highest BCUT2D eigenvalue weighted by molar-refractivity contribution is 5.73. The van der Waals surface area contributed by atoms with Crippen LogP contribution in [0.25, 0.3) is 0 Å². The Balaban J connectivity index is 2.68. The van der Waals surface area contributed by atoms with E-state index in [9.17, 15) is 26.7 Å². The highest BCUT2D eigenvalue weighted by Crippen LogP contribution is 2.33. The van der Waals surface area contributed by atoms with Gasteiger partial charge in [-0.15, -0.1) is 0 Å². The number of halogens is 5. The largest absolute Gasteiger partial charge is 0.455 e. The van der Waals surface area contributed by atoms with Crippen molar-refractivity contribution >= 4 is 5.97 Å². The summed E-state index contributed by atoms with van der Waals surface area (Å²) < 4.78 is 64.0. The van der Waals surface area contributed by atoms with Gasteiger partial charge in [-0.2, -0.15) is 22.0 Å².